The zero-order chi connectivity index (χ0) is 20.1. The Labute approximate surface area is 166 Å². The molecule has 0 fully saturated rings. The number of nitro benzene ring substituents is 1. The first kappa shape index (κ1) is 19.9. The molecule has 148 valence electrons. The number of ether oxygens (including phenoxy) is 2. The number of hydrogen-bond donors (Lipinski definition) is 1. The molecule has 8 nitrogen and oxygen atoms in total. The Balaban J connectivity index is 1.61. The number of fused-ring (bicyclic) bond motifs is 1. The van der Waals surface area contributed by atoms with E-state index in [9.17, 15) is 14.9 Å². The first-order chi connectivity index (χ1) is 13.4. The molecule has 0 radical (unpaired) electrons. The second-order valence-electron chi connectivity index (χ2n) is 6.72. The first-order valence-electron chi connectivity index (χ1n) is 8.86. The average Bonchev–Trinajstić information content (AvgIpc) is 2.64. The molecule has 9 heteroatoms. The van der Waals surface area contributed by atoms with Crippen molar-refractivity contribution in [3.63, 3.8) is 0 Å². The average molecular weight is 403 g/mol. The van der Waals surface area contributed by atoms with Crippen LogP contribution in [0.15, 0.2) is 41.6 Å². The molecule has 0 spiro atoms. The Kier molecular flexibility index (Phi) is 6.03. The first-order valence-corrected chi connectivity index (χ1v) is 9.85. The molecule has 0 atom stereocenters. The lowest BCUT2D eigenvalue weighted by Crippen LogP contribution is -2.34. The van der Waals surface area contributed by atoms with Gasteiger partial charge in [-0.15, -0.1) is 11.8 Å². The molecule has 1 aliphatic heterocycles. The van der Waals surface area contributed by atoms with Crippen molar-refractivity contribution in [1.29, 1.82) is 0 Å². The third-order valence-corrected chi connectivity index (χ3v) is 5.24. The SMILES string of the molecule is CC1(C)OC(=O)Nc2cc([N+](=O)[O-])c(OCCCCSc3ccccn3)cc21. The molecule has 28 heavy (non-hydrogen) atoms. The lowest BCUT2D eigenvalue weighted by atomic mass is 9.94. The minimum Gasteiger partial charge on any atom is -0.487 e. The number of rotatable bonds is 8. The standard InChI is InChI=1S/C19H21N3O5S/c1-19(2)13-11-16(15(22(24)25)12-14(13)21-18(23)27-19)26-9-5-6-10-28-17-7-3-4-8-20-17/h3-4,7-8,11-12H,5-6,9-10H2,1-2H3,(H,21,23). The summed E-state index contributed by atoms with van der Waals surface area (Å²) < 4.78 is 11.0. The van der Waals surface area contributed by atoms with E-state index in [0.717, 1.165) is 23.6 Å². The highest BCUT2D eigenvalue weighted by Gasteiger charge is 2.36. The van der Waals surface area contributed by atoms with Crippen molar-refractivity contribution in [3.8, 4) is 5.75 Å². The number of aromatic nitrogens is 1. The van der Waals surface area contributed by atoms with Gasteiger partial charge in [-0.2, -0.15) is 0 Å². The minimum atomic E-state index is -0.899. The topological polar surface area (TPSA) is 104 Å². The number of cyclic esters (lactones) is 1. The van der Waals surface area contributed by atoms with Gasteiger partial charge in [-0.3, -0.25) is 15.4 Å². The molecule has 3 rings (SSSR count). The summed E-state index contributed by atoms with van der Waals surface area (Å²) in [7, 11) is 0. The predicted octanol–water partition coefficient (Wildman–Crippen LogP) is 4.74. The Morgan fingerprint density at radius 3 is 2.86 bits per heavy atom. The van der Waals surface area contributed by atoms with Gasteiger partial charge < -0.3 is 9.47 Å². The van der Waals surface area contributed by atoms with Gasteiger partial charge in [0, 0.05) is 17.8 Å². The van der Waals surface area contributed by atoms with Crippen molar-refractivity contribution in [3.05, 3.63) is 52.2 Å². The van der Waals surface area contributed by atoms with Gasteiger partial charge in [0.1, 0.15) is 5.60 Å². The van der Waals surface area contributed by atoms with E-state index in [1.807, 2.05) is 18.2 Å². The highest BCUT2D eigenvalue weighted by Crippen LogP contribution is 2.42. The van der Waals surface area contributed by atoms with Gasteiger partial charge in [0.05, 0.1) is 22.2 Å². The fourth-order valence-corrected chi connectivity index (χ4v) is 3.71. The third kappa shape index (κ3) is 4.72. The molecule has 0 saturated carbocycles. The fourth-order valence-electron chi connectivity index (χ4n) is 2.85. The van der Waals surface area contributed by atoms with Crippen molar-refractivity contribution in [2.24, 2.45) is 0 Å². The van der Waals surface area contributed by atoms with Crippen molar-refractivity contribution < 1.29 is 19.2 Å². The number of amides is 1. The smallest absolute Gasteiger partial charge is 0.412 e. The van der Waals surface area contributed by atoms with Crippen LogP contribution in [-0.2, 0) is 10.3 Å². The second-order valence-corrected chi connectivity index (χ2v) is 7.83. The van der Waals surface area contributed by atoms with E-state index in [0.29, 0.717) is 17.9 Å². The van der Waals surface area contributed by atoms with Gasteiger partial charge in [-0.1, -0.05) is 6.07 Å². The summed E-state index contributed by atoms with van der Waals surface area (Å²) in [6.07, 6.45) is 2.77. The number of nitrogens with zero attached hydrogens (tertiary/aromatic N) is 2. The summed E-state index contributed by atoms with van der Waals surface area (Å²) in [5.41, 5.74) is -0.0744. The van der Waals surface area contributed by atoms with Gasteiger partial charge in [0.25, 0.3) is 0 Å². The summed E-state index contributed by atoms with van der Waals surface area (Å²) in [5, 5.41) is 14.9. The normalized spacial score (nSPS) is 14.6. The summed E-state index contributed by atoms with van der Waals surface area (Å²) >= 11 is 1.66. The van der Waals surface area contributed by atoms with Crippen LogP contribution in [0, 0.1) is 10.1 Å². The molecule has 1 aromatic heterocycles. The quantitative estimate of drug-likeness (QED) is 0.294. The number of carbonyl (C=O) groups excluding carboxylic acids is 1. The van der Waals surface area contributed by atoms with Crippen molar-refractivity contribution in [2.45, 2.75) is 37.3 Å². The fraction of sp³-hybridized carbons (Fsp3) is 0.368. The Bertz CT molecular complexity index is 873. The van der Waals surface area contributed by atoms with Crippen LogP contribution in [0.5, 0.6) is 5.75 Å². The highest BCUT2D eigenvalue weighted by atomic mass is 32.2. The van der Waals surface area contributed by atoms with E-state index in [1.165, 1.54) is 6.07 Å². The zero-order valence-corrected chi connectivity index (χ0v) is 16.5. The monoisotopic (exact) mass is 403 g/mol. The number of nitrogens with one attached hydrogen (secondary N) is 1. The number of thioether (sulfide) groups is 1. The van der Waals surface area contributed by atoms with Crippen LogP contribution in [0.2, 0.25) is 0 Å². The van der Waals surface area contributed by atoms with Crippen molar-refractivity contribution >= 4 is 29.2 Å². The van der Waals surface area contributed by atoms with E-state index in [-0.39, 0.29) is 11.4 Å². The van der Waals surface area contributed by atoms with Crippen molar-refractivity contribution in [1.82, 2.24) is 4.98 Å². The lowest BCUT2D eigenvalue weighted by molar-refractivity contribution is -0.385. The molecule has 2 aromatic rings. The van der Waals surface area contributed by atoms with Gasteiger partial charge in [-0.25, -0.2) is 9.78 Å². The van der Waals surface area contributed by atoms with Gasteiger partial charge in [-0.05, 0) is 50.6 Å². The zero-order valence-electron chi connectivity index (χ0n) is 15.6. The number of benzene rings is 1. The predicted molar refractivity (Wildman–Crippen MR) is 106 cm³/mol. The molecule has 0 bridgehead atoms. The van der Waals surface area contributed by atoms with Gasteiger partial charge in [0.2, 0.25) is 0 Å². The van der Waals surface area contributed by atoms with E-state index in [2.05, 4.69) is 10.3 Å². The van der Waals surface area contributed by atoms with Gasteiger partial charge >= 0.3 is 11.8 Å². The Morgan fingerprint density at radius 1 is 1.32 bits per heavy atom. The lowest BCUT2D eigenvalue weighted by Gasteiger charge is -2.32. The van der Waals surface area contributed by atoms with Gasteiger partial charge in [0.15, 0.2) is 5.75 Å². The molecule has 2 heterocycles. The molecule has 1 N–H and O–H groups in total. The van der Waals surface area contributed by atoms with Crippen LogP contribution in [0.4, 0.5) is 16.2 Å². The minimum absolute atomic E-state index is 0.175. The molecular formula is C19H21N3O5S. The Hall–Kier alpha value is -2.81. The number of anilines is 1. The van der Waals surface area contributed by atoms with Crippen LogP contribution in [0.25, 0.3) is 0 Å². The van der Waals surface area contributed by atoms with Crippen molar-refractivity contribution in [2.75, 3.05) is 17.7 Å². The van der Waals surface area contributed by atoms with Crippen LogP contribution in [-0.4, -0.2) is 28.4 Å². The highest BCUT2D eigenvalue weighted by molar-refractivity contribution is 7.99. The number of unbranched alkanes of at least 4 members (excludes halogenated alkanes) is 1. The van der Waals surface area contributed by atoms with E-state index < -0.39 is 16.6 Å². The summed E-state index contributed by atoms with van der Waals surface area (Å²) in [4.78, 5) is 26.8. The molecule has 1 aromatic carbocycles. The van der Waals surface area contributed by atoms with E-state index in [4.69, 9.17) is 9.47 Å². The van der Waals surface area contributed by atoms with E-state index in [1.54, 1.807) is 37.9 Å². The second kappa shape index (κ2) is 8.47. The van der Waals surface area contributed by atoms with Crippen LogP contribution < -0.4 is 10.1 Å². The number of nitro groups is 1. The number of pyridine rings is 1. The summed E-state index contributed by atoms with van der Waals surface area (Å²) in [5.74, 6) is 1.06. The molecule has 0 saturated heterocycles. The maximum absolute atomic E-state index is 11.6. The van der Waals surface area contributed by atoms with Crippen LogP contribution in [0.3, 0.4) is 0 Å². The maximum Gasteiger partial charge on any atom is 0.412 e. The van der Waals surface area contributed by atoms with Crippen LogP contribution >= 0.6 is 11.8 Å². The summed E-state index contributed by atoms with van der Waals surface area (Å²) in [6.45, 7) is 3.82. The number of hydrogen-bond acceptors (Lipinski definition) is 7. The molecule has 0 unspecified atom stereocenters. The third-order valence-electron chi connectivity index (χ3n) is 4.21. The van der Waals surface area contributed by atoms with Crippen LogP contribution in [0.1, 0.15) is 32.3 Å². The Morgan fingerprint density at radius 2 is 2.14 bits per heavy atom. The largest absolute Gasteiger partial charge is 0.487 e. The number of carbonyl (C=O) groups is 1. The van der Waals surface area contributed by atoms with E-state index >= 15 is 0 Å². The maximum atomic E-state index is 11.6. The molecule has 0 aliphatic carbocycles. The molecule has 1 amide bonds. The molecule has 1 aliphatic rings. The molecular weight excluding hydrogens is 382 g/mol. The summed E-state index contributed by atoms with van der Waals surface area (Å²) in [6, 6.07) is 8.68.